The number of aromatic nitrogens is 2. The summed E-state index contributed by atoms with van der Waals surface area (Å²) in [5.74, 6) is 0.160. The molecule has 1 aliphatic rings. The van der Waals surface area contributed by atoms with Gasteiger partial charge in [-0.15, -0.1) is 0 Å². The number of nitriles is 1. The van der Waals surface area contributed by atoms with Crippen LogP contribution in [0.4, 0.5) is 0 Å². The average Bonchev–Trinajstić information content (AvgIpc) is 2.69. The Morgan fingerprint density at radius 3 is 2.68 bits per heavy atom. The standard InChI is InChI=1S/C12H18N4O2S/c1-3-6-19(17,18)15-9-12(10-15,4-5-13)16-8-11(2)7-14-16/h7-8H,3-4,6,9-10H2,1-2H3. The van der Waals surface area contributed by atoms with E-state index >= 15 is 0 Å². The van der Waals surface area contributed by atoms with E-state index in [1.165, 1.54) is 4.31 Å². The van der Waals surface area contributed by atoms with Crippen LogP contribution in [0.5, 0.6) is 0 Å². The lowest BCUT2D eigenvalue weighted by molar-refractivity contribution is 0.0717. The van der Waals surface area contributed by atoms with Gasteiger partial charge in [-0.2, -0.15) is 14.7 Å². The van der Waals surface area contributed by atoms with Gasteiger partial charge in [-0.1, -0.05) is 6.92 Å². The molecule has 0 amide bonds. The van der Waals surface area contributed by atoms with Crippen molar-refractivity contribution in [2.24, 2.45) is 0 Å². The molecule has 2 heterocycles. The molecule has 0 aliphatic carbocycles. The number of hydrogen-bond donors (Lipinski definition) is 0. The molecule has 0 bridgehead atoms. The fraction of sp³-hybridized carbons (Fsp3) is 0.667. The van der Waals surface area contributed by atoms with Crippen molar-refractivity contribution in [2.45, 2.75) is 32.2 Å². The minimum Gasteiger partial charge on any atom is -0.263 e. The first-order chi connectivity index (χ1) is 8.93. The SMILES string of the molecule is CCCS(=O)(=O)N1CC(CC#N)(n2cc(C)cn2)C1. The second kappa shape index (κ2) is 4.94. The van der Waals surface area contributed by atoms with Gasteiger partial charge < -0.3 is 0 Å². The monoisotopic (exact) mass is 282 g/mol. The van der Waals surface area contributed by atoms with Crippen LogP contribution in [0.2, 0.25) is 0 Å². The van der Waals surface area contributed by atoms with Crippen molar-refractivity contribution >= 4 is 10.0 Å². The molecule has 7 heteroatoms. The highest BCUT2D eigenvalue weighted by molar-refractivity contribution is 7.89. The van der Waals surface area contributed by atoms with Crippen LogP contribution in [-0.2, 0) is 15.6 Å². The molecule has 1 aromatic heterocycles. The lowest BCUT2D eigenvalue weighted by Gasteiger charge is -2.47. The number of hydrogen-bond acceptors (Lipinski definition) is 4. The van der Waals surface area contributed by atoms with Gasteiger partial charge in [0.2, 0.25) is 10.0 Å². The molecule has 0 radical (unpaired) electrons. The zero-order chi connectivity index (χ0) is 14.1. The smallest absolute Gasteiger partial charge is 0.214 e. The van der Waals surface area contributed by atoms with Crippen molar-refractivity contribution in [2.75, 3.05) is 18.8 Å². The Kier molecular flexibility index (Phi) is 3.65. The van der Waals surface area contributed by atoms with Crippen molar-refractivity contribution in [3.05, 3.63) is 18.0 Å². The topological polar surface area (TPSA) is 79.0 Å². The van der Waals surface area contributed by atoms with Crippen molar-refractivity contribution in [1.82, 2.24) is 14.1 Å². The normalized spacial score (nSPS) is 18.8. The molecule has 0 N–H and O–H groups in total. The summed E-state index contributed by atoms with van der Waals surface area (Å²) in [7, 11) is -3.18. The molecule has 1 aliphatic heterocycles. The molecule has 2 rings (SSSR count). The molecule has 1 aromatic rings. The quantitative estimate of drug-likeness (QED) is 0.802. The Labute approximate surface area is 113 Å². The third-order valence-electron chi connectivity index (χ3n) is 3.40. The maximum Gasteiger partial charge on any atom is 0.214 e. The summed E-state index contributed by atoms with van der Waals surface area (Å²) in [6.07, 6.45) is 4.46. The van der Waals surface area contributed by atoms with Gasteiger partial charge >= 0.3 is 0 Å². The summed E-state index contributed by atoms with van der Waals surface area (Å²) in [5.41, 5.74) is 0.510. The van der Waals surface area contributed by atoms with E-state index in [-0.39, 0.29) is 12.2 Å². The Balaban J connectivity index is 2.18. The predicted molar refractivity (Wildman–Crippen MR) is 70.8 cm³/mol. The van der Waals surface area contributed by atoms with Crippen LogP contribution in [0.15, 0.2) is 12.4 Å². The molecular formula is C12H18N4O2S. The Morgan fingerprint density at radius 2 is 2.21 bits per heavy atom. The molecule has 0 aromatic carbocycles. The maximum atomic E-state index is 12.0. The van der Waals surface area contributed by atoms with E-state index in [0.29, 0.717) is 19.5 Å². The molecule has 6 nitrogen and oxygen atoms in total. The summed E-state index contributed by atoms with van der Waals surface area (Å²) in [5, 5.41) is 13.2. The highest BCUT2D eigenvalue weighted by atomic mass is 32.2. The lowest BCUT2D eigenvalue weighted by atomic mass is 9.89. The van der Waals surface area contributed by atoms with Crippen LogP contribution in [-0.4, -0.2) is 41.3 Å². The van der Waals surface area contributed by atoms with Crippen LogP contribution in [0, 0.1) is 18.3 Å². The minimum atomic E-state index is -3.18. The lowest BCUT2D eigenvalue weighted by Crippen LogP contribution is -2.64. The summed E-state index contributed by atoms with van der Waals surface area (Å²) in [6.45, 7) is 4.44. The van der Waals surface area contributed by atoms with E-state index in [1.54, 1.807) is 10.9 Å². The van der Waals surface area contributed by atoms with E-state index < -0.39 is 15.6 Å². The first kappa shape index (κ1) is 14.0. The van der Waals surface area contributed by atoms with E-state index in [9.17, 15) is 8.42 Å². The van der Waals surface area contributed by atoms with Gasteiger partial charge in [-0.3, -0.25) is 4.68 Å². The summed E-state index contributed by atoms with van der Waals surface area (Å²) in [4.78, 5) is 0. The van der Waals surface area contributed by atoms with E-state index in [2.05, 4.69) is 11.2 Å². The molecule has 1 saturated heterocycles. The number of nitrogens with zero attached hydrogens (tertiary/aromatic N) is 4. The number of sulfonamides is 1. The first-order valence-electron chi connectivity index (χ1n) is 6.30. The first-order valence-corrected chi connectivity index (χ1v) is 7.91. The van der Waals surface area contributed by atoms with E-state index in [0.717, 1.165) is 5.56 Å². The summed E-state index contributed by atoms with van der Waals surface area (Å²) < 4.78 is 27.1. The molecule has 19 heavy (non-hydrogen) atoms. The fourth-order valence-corrected chi connectivity index (χ4v) is 4.00. The predicted octanol–water partition coefficient (Wildman–Crippen LogP) is 0.856. The Morgan fingerprint density at radius 1 is 1.53 bits per heavy atom. The second-order valence-electron chi connectivity index (χ2n) is 5.11. The van der Waals surface area contributed by atoms with Crippen molar-refractivity contribution in [3.8, 4) is 6.07 Å². The van der Waals surface area contributed by atoms with Crippen molar-refractivity contribution in [3.63, 3.8) is 0 Å². The molecule has 1 fully saturated rings. The van der Waals surface area contributed by atoms with Gasteiger partial charge in [0, 0.05) is 19.3 Å². The minimum absolute atomic E-state index is 0.160. The van der Waals surface area contributed by atoms with Crippen LogP contribution in [0.3, 0.4) is 0 Å². The number of rotatable bonds is 5. The van der Waals surface area contributed by atoms with E-state index in [1.807, 2.05) is 20.0 Å². The summed E-state index contributed by atoms with van der Waals surface area (Å²) >= 11 is 0. The maximum absolute atomic E-state index is 12.0. The third kappa shape index (κ3) is 2.51. The van der Waals surface area contributed by atoms with Crippen LogP contribution >= 0.6 is 0 Å². The second-order valence-corrected chi connectivity index (χ2v) is 7.19. The van der Waals surface area contributed by atoms with Crippen LogP contribution < -0.4 is 0 Å². The van der Waals surface area contributed by atoms with Gasteiger partial charge in [0.05, 0.1) is 24.4 Å². The van der Waals surface area contributed by atoms with Crippen molar-refractivity contribution < 1.29 is 8.42 Å². The molecule has 104 valence electrons. The zero-order valence-corrected chi connectivity index (χ0v) is 12.0. The molecule has 0 saturated carbocycles. The van der Waals surface area contributed by atoms with Gasteiger partial charge in [-0.25, -0.2) is 8.42 Å². The average molecular weight is 282 g/mol. The third-order valence-corrected chi connectivity index (χ3v) is 5.37. The number of aryl methyl sites for hydroxylation is 1. The van der Waals surface area contributed by atoms with Gasteiger partial charge in [0.15, 0.2) is 0 Å². The highest BCUT2D eigenvalue weighted by Gasteiger charge is 2.49. The Hall–Kier alpha value is -1.39. The van der Waals surface area contributed by atoms with Gasteiger partial charge in [0.1, 0.15) is 5.54 Å². The van der Waals surface area contributed by atoms with Gasteiger partial charge in [-0.05, 0) is 18.9 Å². The fourth-order valence-electron chi connectivity index (χ4n) is 2.35. The molecule has 0 atom stereocenters. The highest BCUT2D eigenvalue weighted by Crippen LogP contribution is 2.34. The van der Waals surface area contributed by atoms with Crippen LogP contribution in [0.1, 0.15) is 25.3 Å². The zero-order valence-electron chi connectivity index (χ0n) is 11.2. The van der Waals surface area contributed by atoms with Crippen molar-refractivity contribution in [1.29, 1.82) is 5.26 Å². The van der Waals surface area contributed by atoms with Gasteiger partial charge in [0.25, 0.3) is 0 Å². The molecule has 0 spiro atoms. The summed E-state index contributed by atoms with van der Waals surface area (Å²) in [6, 6.07) is 2.14. The van der Waals surface area contributed by atoms with Crippen LogP contribution in [0.25, 0.3) is 0 Å². The molecule has 0 unspecified atom stereocenters. The largest absolute Gasteiger partial charge is 0.263 e. The Bertz CT molecular complexity index is 593. The molecular weight excluding hydrogens is 264 g/mol. The van der Waals surface area contributed by atoms with E-state index in [4.69, 9.17) is 5.26 Å².